The van der Waals surface area contributed by atoms with E-state index < -0.39 is 0 Å². The van der Waals surface area contributed by atoms with Crippen molar-refractivity contribution in [3.8, 4) is 0 Å². The number of aromatic amines is 1. The molecule has 3 aromatic heterocycles. The molecular weight excluding hydrogens is 366 g/mol. The fraction of sp³-hybridized carbons (Fsp3) is 0.227. The Hall–Kier alpha value is -3.61. The molecule has 1 aliphatic rings. The SMILES string of the molecule is Cc1cc2[nH]c(=O)c3ccccc3n2c1.O=CN1CCN(c2cccnc2)CC1. The number of nitrogens with zero attached hydrogens (tertiary/aromatic N) is 4. The molecule has 1 aromatic carbocycles. The summed E-state index contributed by atoms with van der Waals surface area (Å²) in [6.45, 7) is 5.41. The van der Waals surface area contributed by atoms with E-state index in [1.165, 1.54) is 0 Å². The summed E-state index contributed by atoms with van der Waals surface area (Å²) < 4.78 is 2.01. The molecule has 0 spiro atoms. The summed E-state index contributed by atoms with van der Waals surface area (Å²) in [5.74, 6) is 0. The standard InChI is InChI=1S/C12H10N2O.C10H13N3O/c1-8-6-11-13-12(15)9-4-2-3-5-10(9)14(11)7-8;14-9-12-4-6-13(7-5-12)10-2-1-3-11-8-10/h2-7H,1H3,(H,13,15);1-3,8-9H,4-7H2. The average molecular weight is 389 g/mol. The zero-order valence-corrected chi connectivity index (χ0v) is 16.3. The lowest BCUT2D eigenvalue weighted by Crippen LogP contribution is -2.45. The summed E-state index contributed by atoms with van der Waals surface area (Å²) in [6, 6.07) is 13.6. The number of carbonyl (C=O) groups is 1. The molecule has 0 atom stereocenters. The molecule has 1 N–H and O–H groups in total. The van der Waals surface area contributed by atoms with Crippen LogP contribution in [0.15, 0.2) is 65.8 Å². The maximum atomic E-state index is 11.7. The first-order valence-electron chi connectivity index (χ1n) is 9.60. The Labute approximate surface area is 168 Å². The number of nitrogens with one attached hydrogen (secondary N) is 1. The largest absolute Gasteiger partial charge is 0.367 e. The number of anilines is 1. The number of aryl methyl sites for hydroxylation is 1. The Kier molecular flexibility index (Phi) is 5.29. The van der Waals surface area contributed by atoms with E-state index in [-0.39, 0.29) is 5.56 Å². The quantitative estimate of drug-likeness (QED) is 0.535. The third kappa shape index (κ3) is 3.99. The zero-order chi connectivity index (χ0) is 20.2. The summed E-state index contributed by atoms with van der Waals surface area (Å²) in [5.41, 5.74) is 4.04. The minimum atomic E-state index is -0.0313. The first-order valence-corrected chi connectivity index (χ1v) is 9.60. The number of rotatable bonds is 2. The number of H-pyrrole nitrogens is 1. The molecule has 4 aromatic rings. The summed E-state index contributed by atoms with van der Waals surface area (Å²) in [4.78, 5) is 33.2. The van der Waals surface area contributed by atoms with Gasteiger partial charge in [-0.05, 0) is 42.8 Å². The molecule has 0 bridgehead atoms. The molecule has 148 valence electrons. The van der Waals surface area contributed by atoms with E-state index in [9.17, 15) is 9.59 Å². The third-order valence-electron chi connectivity index (χ3n) is 5.08. The third-order valence-corrected chi connectivity index (χ3v) is 5.08. The van der Waals surface area contributed by atoms with E-state index in [1.807, 2.05) is 66.2 Å². The molecule has 1 aliphatic heterocycles. The molecule has 0 unspecified atom stereocenters. The summed E-state index contributed by atoms with van der Waals surface area (Å²) in [5, 5.41) is 0.723. The monoisotopic (exact) mass is 389 g/mol. The second-order valence-electron chi connectivity index (χ2n) is 7.08. The molecule has 29 heavy (non-hydrogen) atoms. The minimum Gasteiger partial charge on any atom is -0.367 e. The lowest BCUT2D eigenvalue weighted by molar-refractivity contribution is -0.118. The number of para-hydroxylation sites is 1. The summed E-state index contributed by atoms with van der Waals surface area (Å²) in [6.07, 6.45) is 6.57. The number of hydrogen-bond acceptors (Lipinski definition) is 4. The van der Waals surface area contributed by atoms with Gasteiger partial charge < -0.3 is 19.2 Å². The molecule has 0 radical (unpaired) electrons. The molecule has 1 amide bonds. The fourth-order valence-electron chi connectivity index (χ4n) is 3.58. The van der Waals surface area contributed by atoms with Crippen LogP contribution < -0.4 is 10.5 Å². The van der Waals surface area contributed by atoms with Crippen molar-refractivity contribution in [2.75, 3.05) is 31.1 Å². The Balaban J connectivity index is 0.000000142. The molecule has 1 saturated heterocycles. The predicted octanol–water partition coefficient (Wildman–Crippen LogP) is 2.45. The van der Waals surface area contributed by atoms with Crippen LogP contribution in [-0.2, 0) is 4.79 Å². The summed E-state index contributed by atoms with van der Waals surface area (Å²) in [7, 11) is 0. The maximum Gasteiger partial charge on any atom is 0.258 e. The van der Waals surface area contributed by atoms with Crippen LogP contribution >= 0.6 is 0 Å². The number of hydrogen-bond donors (Lipinski definition) is 1. The van der Waals surface area contributed by atoms with E-state index in [0.717, 1.165) is 60.4 Å². The highest BCUT2D eigenvalue weighted by atomic mass is 16.1. The van der Waals surface area contributed by atoms with Crippen molar-refractivity contribution >= 4 is 28.6 Å². The average Bonchev–Trinajstić information content (AvgIpc) is 3.15. The fourth-order valence-corrected chi connectivity index (χ4v) is 3.58. The Morgan fingerprint density at radius 2 is 1.86 bits per heavy atom. The Morgan fingerprint density at radius 3 is 2.59 bits per heavy atom. The highest BCUT2D eigenvalue weighted by Gasteiger charge is 2.15. The molecular formula is C22H23N5O2. The number of amides is 1. The zero-order valence-electron chi connectivity index (χ0n) is 16.3. The van der Waals surface area contributed by atoms with Crippen LogP contribution in [0.3, 0.4) is 0 Å². The van der Waals surface area contributed by atoms with Crippen molar-refractivity contribution in [1.29, 1.82) is 0 Å². The van der Waals surface area contributed by atoms with Gasteiger partial charge in [0.05, 0.1) is 22.8 Å². The topological polar surface area (TPSA) is 73.7 Å². The van der Waals surface area contributed by atoms with Crippen molar-refractivity contribution in [3.05, 3.63) is 77.0 Å². The van der Waals surface area contributed by atoms with Crippen LogP contribution in [0.25, 0.3) is 16.6 Å². The van der Waals surface area contributed by atoms with Crippen molar-refractivity contribution in [3.63, 3.8) is 0 Å². The molecule has 4 heterocycles. The molecule has 0 aliphatic carbocycles. The molecule has 7 nitrogen and oxygen atoms in total. The highest BCUT2D eigenvalue weighted by molar-refractivity contribution is 5.80. The van der Waals surface area contributed by atoms with E-state index in [4.69, 9.17) is 0 Å². The van der Waals surface area contributed by atoms with Gasteiger partial charge in [-0.15, -0.1) is 0 Å². The van der Waals surface area contributed by atoms with Gasteiger partial charge in [-0.2, -0.15) is 0 Å². The van der Waals surface area contributed by atoms with Gasteiger partial charge in [0.15, 0.2) is 0 Å². The lowest BCUT2D eigenvalue weighted by Gasteiger charge is -2.33. The smallest absolute Gasteiger partial charge is 0.258 e. The van der Waals surface area contributed by atoms with Crippen LogP contribution in [0.4, 0.5) is 5.69 Å². The van der Waals surface area contributed by atoms with Crippen LogP contribution in [0.5, 0.6) is 0 Å². The normalized spacial score (nSPS) is 14.0. The van der Waals surface area contributed by atoms with Gasteiger partial charge in [-0.3, -0.25) is 14.6 Å². The lowest BCUT2D eigenvalue weighted by atomic mass is 10.2. The van der Waals surface area contributed by atoms with Gasteiger partial charge in [0.2, 0.25) is 6.41 Å². The van der Waals surface area contributed by atoms with Gasteiger partial charge in [-0.1, -0.05) is 12.1 Å². The van der Waals surface area contributed by atoms with E-state index >= 15 is 0 Å². The second kappa shape index (κ2) is 8.18. The van der Waals surface area contributed by atoms with Crippen molar-refractivity contribution in [2.45, 2.75) is 6.92 Å². The maximum absolute atomic E-state index is 11.7. The van der Waals surface area contributed by atoms with Gasteiger partial charge in [0.25, 0.3) is 5.56 Å². The van der Waals surface area contributed by atoms with E-state index in [1.54, 1.807) is 11.1 Å². The van der Waals surface area contributed by atoms with Gasteiger partial charge in [-0.25, -0.2) is 0 Å². The Bertz CT molecular complexity index is 1170. The first-order chi connectivity index (χ1) is 14.2. The van der Waals surface area contributed by atoms with E-state index in [0.29, 0.717) is 0 Å². The minimum absolute atomic E-state index is 0.0313. The van der Waals surface area contributed by atoms with Crippen molar-refractivity contribution in [2.24, 2.45) is 0 Å². The van der Waals surface area contributed by atoms with Crippen LogP contribution in [-0.4, -0.2) is 51.9 Å². The number of pyridine rings is 1. The first kappa shape index (κ1) is 18.7. The Morgan fingerprint density at radius 1 is 1.07 bits per heavy atom. The second-order valence-corrected chi connectivity index (χ2v) is 7.08. The number of fused-ring (bicyclic) bond motifs is 3. The van der Waals surface area contributed by atoms with Crippen LogP contribution in [0.2, 0.25) is 0 Å². The number of piperazine rings is 1. The molecule has 1 fully saturated rings. The number of carbonyl (C=O) groups excluding carboxylic acids is 1. The van der Waals surface area contributed by atoms with Gasteiger partial charge in [0.1, 0.15) is 5.65 Å². The summed E-state index contributed by atoms with van der Waals surface area (Å²) >= 11 is 0. The van der Waals surface area contributed by atoms with Crippen molar-refractivity contribution in [1.82, 2.24) is 19.3 Å². The predicted molar refractivity (Wildman–Crippen MR) is 114 cm³/mol. The number of aromatic nitrogens is 3. The molecule has 7 heteroatoms. The van der Waals surface area contributed by atoms with Gasteiger partial charge >= 0.3 is 0 Å². The number of benzene rings is 1. The molecule has 0 saturated carbocycles. The van der Waals surface area contributed by atoms with Gasteiger partial charge in [0, 0.05) is 38.6 Å². The van der Waals surface area contributed by atoms with Crippen molar-refractivity contribution < 1.29 is 4.79 Å². The molecule has 5 rings (SSSR count). The highest BCUT2D eigenvalue weighted by Crippen LogP contribution is 2.14. The van der Waals surface area contributed by atoms with Crippen LogP contribution in [0, 0.1) is 6.92 Å². The van der Waals surface area contributed by atoms with E-state index in [2.05, 4.69) is 14.9 Å². The van der Waals surface area contributed by atoms with Crippen LogP contribution in [0.1, 0.15) is 5.56 Å².